The predicted octanol–water partition coefficient (Wildman–Crippen LogP) is -2.00. The van der Waals surface area contributed by atoms with Crippen LogP contribution in [0.15, 0.2) is 29.2 Å². The maximum atomic E-state index is 10.9. The molecule has 0 aromatic heterocycles. The molecule has 0 aliphatic heterocycles. The second-order valence-corrected chi connectivity index (χ2v) is 4.35. The molecule has 0 saturated heterocycles. The molecule has 78 valence electrons. The van der Waals surface area contributed by atoms with Gasteiger partial charge in [-0.1, -0.05) is 25.1 Å². The zero-order valence-corrected chi connectivity index (χ0v) is 11.6. The quantitative estimate of drug-likeness (QED) is 0.487. The third-order valence-corrected chi connectivity index (χ3v) is 2.94. The third-order valence-electron chi connectivity index (χ3n) is 2.03. The molecule has 0 saturated carbocycles. The first-order chi connectivity index (χ1) is 6.46. The summed E-state index contributed by atoms with van der Waals surface area (Å²) < 4.78 is 32.6. The predicted molar refractivity (Wildman–Crippen MR) is 51.6 cm³/mol. The number of benzene rings is 1. The summed E-state index contributed by atoms with van der Waals surface area (Å²) in [5.74, 6) is 0. The summed E-state index contributed by atoms with van der Waals surface area (Å²) in [6.07, 6.45) is 0.590. The Balaban J connectivity index is 0.00000196. The van der Waals surface area contributed by atoms with Crippen LogP contribution in [0.1, 0.15) is 24.9 Å². The summed E-state index contributed by atoms with van der Waals surface area (Å²) >= 11 is 0. The van der Waals surface area contributed by atoms with Gasteiger partial charge in [-0.15, -0.1) is 0 Å². The average Bonchev–Trinajstić information content (AvgIpc) is 2.15. The molecular weight excluding hydrogens is 225 g/mol. The summed E-state index contributed by atoms with van der Waals surface area (Å²) in [5, 5.41) is 0. The van der Waals surface area contributed by atoms with E-state index >= 15 is 0 Å². The van der Waals surface area contributed by atoms with Crippen molar-refractivity contribution < 1.29 is 42.5 Å². The van der Waals surface area contributed by atoms with Gasteiger partial charge in [0.15, 0.2) is 0 Å². The van der Waals surface area contributed by atoms with Gasteiger partial charge in [-0.25, -0.2) is 8.42 Å². The van der Waals surface area contributed by atoms with E-state index in [9.17, 15) is 13.0 Å². The molecule has 0 fully saturated rings. The van der Waals surface area contributed by atoms with E-state index in [-0.39, 0.29) is 34.5 Å². The van der Waals surface area contributed by atoms with Crippen molar-refractivity contribution in [2.24, 2.45) is 5.73 Å². The molecule has 0 bridgehead atoms. The first-order valence-corrected chi connectivity index (χ1v) is 5.68. The van der Waals surface area contributed by atoms with Crippen molar-refractivity contribution in [3.63, 3.8) is 0 Å². The zero-order chi connectivity index (χ0) is 10.8. The van der Waals surface area contributed by atoms with E-state index in [0.29, 0.717) is 12.0 Å². The summed E-state index contributed by atoms with van der Waals surface area (Å²) in [6.45, 7) is 1.83. The molecule has 0 spiro atoms. The first kappa shape index (κ1) is 15.1. The molecule has 0 aliphatic carbocycles. The van der Waals surface area contributed by atoms with E-state index in [2.05, 4.69) is 0 Å². The van der Waals surface area contributed by atoms with Gasteiger partial charge < -0.3 is 10.3 Å². The Bertz CT molecular complexity index is 419. The number of rotatable bonds is 3. The van der Waals surface area contributed by atoms with Gasteiger partial charge in [-0.2, -0.15) is 0 Å². The fourth-order valence-corrected chi connectivity index (χ4v) is 1.99. The van der Waals surface area contributed by atoms with Crippen LogP contribution in [0.3, 0.4) is 0 Å². The Kier molecular flexibility index (Phi) is 6.02. The average molecular weight is 237 g/mol. The Hall–Kier alpha value is 0.0900. The minimum atomic E-state index is -4.42. The minimum Gasteiger partial charge on any atom is -0.744 e. The number of hydrogen-bond donors (Lipinski definition) is 1. The Morgan fingerprint density at radius 2 is 1.93 bits per heavy atom. The fourth-order valence-electron chi connectivity index (χ4n) is 1.23. The van der Waals surface area contributed by atoms with Crippen LogP contribution in [-0.4, -0.2) is 13.0 Å². The van der Waals surface area contributed by atoms with Crippen LogP contribution in [0.4, 0.5) is 0 Å². The minimum absolute atomic E-state index is 0. The molecule has 1 atom stereocenters. The molecular formula is C9H12NNaO3S. The van der Waals surface area contributed by atoms with E-state index in [1.54, 1.807) is 12.1 Å². The van der Waals surface area contributed by atoms with Crippen molar-refractivity contribution in [2.75, 3.05) is 0 Å². The van der Waals surface area contributed by atoms with Crippen LogP contribution in [0.25, 0.3) is 0 Å². The molecule has 0 aliphatic rings. The summed E-state index contributed by atoms with van der Waals surface area (Å²) in [7, 11) is -4.42. The third kappa shape index (κ3) is 3.86. The van der Waals surface area contributed by atoms with Gasteiger partial charge >= 0.3 is 29.6 Å². The van der Waals surface area contributed by atoms with E-state index in [1.165, 1.54) is 12.1 Å². The number of nitrogens with two attached hydrogens (primary N) is 1. The molecule has 6 heteroatoms. The fraction of sp³-hybridized carbons (Fsp3) is 0.333. The summed E-state index contributed by atoms with van der Waals surface area (Å²) in [4.78, 5) is -0.214. The van der Waals surface area contributed by atoms with Crippen molar-refractivity contribution in [3.8, 4) is 0 Å². The van der Waals surface area contributed by atoms with Crippen molar-refractivity contribution in [2.45, 2.75) is 24.3 Å². The van der Waals surface area contributed by atoms with Gasteiger partial charge in [0.25, 0.3) is 0 Å². The molecule has 4 nitrogen and oxygen atoms in total. The normalized spacial score (nSPS) is 13.0. The van der Waals surface area contributed by atoms with Crippen molar-refractivity contribution >= 4 is 10.1 Å². The Labute approximate surface area is 112 Å². The van der Waals surface area contributed by atoms with Crippen molar-refractivity contribution in [1.29, 1.82) is 0 Å². The number of hydrogen-bond acceptors (Lipinski definition) is 4. The van der Waals surface area contributed by atoms with Crippen LogP contribution < -0.4 is 35.3 Å². The molecule has 2 N–H and O–H groups in total. The molecule has 0 radical (unpaired) electrons. The summed E-state index contributed by atoms with van der Waals surface area (Å²) in [6, 6.07) is 5.62. The molecule has 1 rings (SSSR count). The van der Waals surface area contributed by atoms with Crippen LogP contribution in [0, 0.1) is 0 Å². The van der Waals surface area contributed by atoms with Gasteiger partial charge in [0.1, 0.15) is 10.1 Å². The Morgan fingerprint density at radius 1 is 1.40 bits per heavy atom. The van der Waals surface area contributed by atoms with Gasteiger partial charge in [0.2, 0.25) is 0 Å². The van der Waals surface area contributed by atoms with Crippen LogP contribution in [0.5, 0.6) is 0 Å². The maximum Gasteiger partial charge on any atom is 1.00 e. The largest absolute Gasteiger partial charge is 1.00 e. The van der Waals surface area contributed by atoms with Crippen LogP contribution in [0.2, 0.25) is 0 Å². The smallest absolute Gasteiger partial charge is 0.744 e. The molecule has 1 unspecified atom stereocenters. The van der Waals surface area contributed by atoms with Gasteiger partial charge in [0.05, 0.1) is 4.90 Å². The molecule has 1 aromatic rings. The monoisotopic (exact) mass is 237 g/mol. The SMILES string of the molecule is CCC(N)c1ccccc1S(=O)(=O)[O-].[Na+]. The van der Waals surface area contributed by atoms with E-state index < -0.39 is 16.2 Å². The zero-order valence-electron chi connectivity index (χ0n) is 8.80. The van der Waals surface area contributed by atoms with E-state index in [1.807, 2.05) is 6.92 Å². The maximum absolute atomic E-state index is 10.9. The van der Waals surface area contributed by atoms with Crippen LogP contribution in [-0.2, 0) is 10.1 Å². The first-order valence-electron chi connectivity index (χ1n) is 4.27. The second kappa shape index (κ2) is 5.98. The topological polar surface area (TPSA) is 83.2 Å². The van der Waals surface area contributed by atoms with Gasteiger partial charge in [-0.3, -0.25) is 0 Å². The molecule has 15 heavy (non-hydrogen) atoms. The second-order valence-electron chi connectivity index (χ2n) is 3.01. The van der Waals surface area contributed by atoms with Crippen molar-refractivity contribution in [1.82, 2.24) is 0 Å². The summed E-state index contributed by atoms with van der Waals surface area (Å²) in [5.41, 5.74) is 6.08. The molecule has 1 aromatic carbocycles. The van der Waals surface area contributed by atoms with E-state index in [4.69, 9.17) is 5.73 Å². The van der Waals surface area contributed by atoms with Crippen LogP contribution >= 0.6 is 0 Å². The van der Waals surface area contributed by atoms with Gasteiger partial charge in [-0.05, 0) is 18.1 Å². The Morgan fingerprint density at radius 3 is 2.40 bits per heavy atom. The van der Waals surface area contributed by atoms with Crippen molar-refractivity contribution in [3.05, 3.63) is 29.8 Å². The van der Waals surface area contributed by atoms with E-state index in [0.717, 1.165) is 0 Å². The standard InChI is InChI=1S/C9H13NO3S.Na/c1-2-8(10)7-5-3-4-6-9(7)14(11,12)13;/h3-6,8H,2,10H2,1H3,(H,11,12,13);/q;+1/p-1. The molecule has 0 heterocycles. The van der Waals surface area contributed by atoms with Gasteiger partial charge in [0, 0.05) is 6.04 Å². The molecule has 0 amide bonds.